The van der Waals surface area contributed by atoms with Crippen molar-refractivity contribution in [1.29, 1.82) is 0 Å². The first-order valence-corrected chi connectivity index (χ1v) is 5.90. The molecule has 2 N–H and O–H groups in total. The van der Waals surface area contributed by atoms with Crippen LogP contribution in [0.25, 0.3) is 0 Å². The van der Waals surface area contributed by atoms with Crippen LogP contribution in [0.4, 0.5) is 0 Å². The van der Waals surface area contributed by atoms with Gasteiger partial charge in [-0.15, -0.1) is 0 Å². The summed E-state index contributed by atoms with van der Waals surface area (Å²) < 4.78 is 0. The first kappa shape index (κ1) is 12.0. The molecule has 0 aromatic heterocycles. The monoisotopic (exact) mass is 200 g/mol. The van der Waals surface area contributed by atoms with Crippen LogP contribution in [0.3, 0.4) is 0 Å². The highest BCUT2D eigenvalue weighted by Crippen LogP contribution is 2.10. The Morgan fingerprint density at radius 2 is 2.07 bits per heavy atom. The third-order valence-electron chi connectivity index (χ3n) is 3.13. The maximum Gasteiger partial charge on any atom is 0.0459 e. The number of aliphatic hydroxyl groups excluding tert-OH is 1. The molecule has 0 aromatic carbocycles. The lowest BCUT2D eigenvalue weighted by Crippen LogP contribution is -2.43. The van der Waals surface area contributed by atoms with Gasteiger partial charge in [0.1, 0.15) is 0 Å². The molecule has 3 nitrogen and oxygen atoms in total. The van der Waals surface area contributed by atoms with E-state index in [1.807, 2.05) is 0 Å². The minimum Gasteiger partial charge on any atom is -0.396 e. The number of nitrogens with zero attached hydrogens (tertiary/aromatic N) is 1. The van der Waals surface area contributed by atoms with Crippen molar-refractivity contribution >= 4 is 0 Å². The summed E-state index contributed by atoms with van der Waals surface area (Å²) in [6.07, 6.45) is 3.52. The first-order chi connectivity index (χ1) is 6.86. The van der Waals surface area contributed by atoms with Gasteiger partial charge in [-0.2, -0.15) is 0 Å². The van der Waals surface area contributed by atoms with E-state index in [1.54, 1.807) is 0 Å². The van der Waals surface area contributed by atoms with Crippen molar-refractivity contribution in [2.45, 2.75) is 26.2 Å². The zero-order valence-corrected chi connectivity index (χ0v) is 9.34. The van der Waals surface area contributed by atoms with E-state index in [1.165, 1.54) is 32.5 Å². The average Bonchev–Trinajstić information content (AvgIpc) is 2.26. The summed E-state index contributed by atoms with van der Waals surface area (Å²) >= 11 is 0. The van der Waals surface area contributed by atoms with E-state index in [0.717, 1.165) is 19.5 Å². The standard InChI is InChI=1S/C11H24N2O/c1-2-11(10-14)4-3-7-13-8-5-12-6-9-13/h11-12,14H,2-10H2,1H3. The second-order valence-corrected chi connectivity index (χ2v) is 4.19. The Morgan fingerprint density at radius 1 is 1.36 bits per heavy atom. The topological polar surface area (TPSA) is 35.5 Å². The van der Waals surface area contributed by atoms with E-state index in [9.17, 15) is 0 Å². The van der Waals surface area contributed by atoms with Crippen molar-refractivity contribution in [3.05, 3.63) is 0 Å². The molecule has 1 atom stereocenters. The number of aliphatic hydroxyl groups is 1. The zero-order chi connectivity index (χ0) is 10.2. The van der Waals surface area contributed by atoms with Crippen molar-refractivity contribution in [3.8, 4) is 0 Å². The molecule has 1 unspecified atom stereocenters. The molecule has 1 rings (SSSR count). The van der Waals surface area contributed by atoms with Gasteiger partial charge in [-0.1, -0.05) is 13.3 Å². The minimum absolute atomic E-state index is 0.359. The lowest BCUT2D eigenvalue weighted by Gasteiger charge is -2.27. The van der Waals surface area contributed by atoms with Gasteiger partial charge < -0.3 is 15.3 Å². The van der Waals surface area contributed by atoms with Gasteiger partial charge in [0.15, 0.2) is 0 Å². The van der Waals surface area contributed by atoms with Gasteiger partial charge in [-0.25, -0.2) is 0 Å². The Bertz CT molecular complexity index is 131. The highest BCUT2D eigenvalue weighted by atomic mass is 16.3. The summed E-state index contributed by atoms with van der Waals surface area (Å²) in [5, 5.41) is 12.4. The fraction of sp³-hybridized carbons (Fsp3) is 1.00. The third-order valence-corrected chi connectivity index (χ3v) is 3.13. The average molecular weight is 200 g/mol. The number of hydrogen-bond acceptors (Lipinski definition) is 3. The van der Waals surface area contributed by atoms with Crippen molar-refractivity contribution in [2.24, 2.45) is 5.92 Å². The Balaban J connectivity index is 2.01. The zero-order valence-electron chi connectivity index (χ0n) is 9.34. The molecule has 0 spiro atoms. The van der Waals surface area contributed by atoms with Crippen molar-refractivity contribution < 1.29 is 5.11 Å². The summed E-state index contributed by atoms with van der Waals surface area (Å²) in [6, 6.07) is 0. The SMILES string of the molecule is CCC(CO)CCCN1CCNCC1. The maximum absolute atomic E-state index is 9.04. The molecule has 0 aliphatic carbocycles. The van der Waals surface area contributed by atoms with E-state index in [0.29, 0.717) is 12.5 Å². The van der Waals surface area contributed by atoms with Gasteiger partial charge in [0.05, 0.1) is 0 Å². The molecule has 1 aliphatic rings. The van der Waals surface area contributed by atoms with E-state index in [4.69, 9.17) is 5.11 Å². The quantitative estimate of drug-likeness (QED) is 0.662. The van der Waals surface area contributed by atoms with Gasteiger partial charge >= 0.3 is 0 Å². The van der Waals surface area contributed by atoms with Crippen LogP contribution < -0.4 is 5.32 Å². The van der Waals surface area contributed by atoms with Crippen molar-refractivity contribution in [3.63, 3.8) is 0 Å². The molecule has 3 heteroatoms. The fourth-order valence-electron chi connectivity index (χ4n) is 1.96. The molecule has 0 radical (unpaired) electrons. The van der Waals surface area contributed by atoms with Crippen LogP contribution >= 0.6 is 0 Å². The predicted octanol–water partition coefficient (Wildman–Crippen LogP) is 0.690. The molecule has 84 valence electrons. The fourth-order valence-corrected chi connectivity index (χ4v) is 1.96. The molecule has 14 heavy (non-hydrogen) atoms. The molecule has 0 aromatic rings. The van der Waals surface area contributed by atoms with Crippen LogP contribution in [0, 0.1) is 5.92 Å². The number of piperazine rings is 1. The highest BCUT2D eigenvalue weighted by molar-refractivity contribution is 4.68. The summed E-state index contributed by atoms with van der Waals surface area (Å²) in [6.45, 7) is 8.38. The lowest BCUT2D eigenvalue weighted by atomic mass is 10.0. The molecule has 1 heterocycles. The Morgan fingerprint density at radius 3 is 2.64 bits per heavy atom. The molecule has 1 fully saturated rings. The molecule has 1 saturated heterocycles. The summed E-state index contributed by atoms with van der Waals surface area (Å²) in [5.41, 5.74) is 0. The number of nitrogens with one attached hydrogen (secondary N) is 1. The largest absolute Gasteiger partial charge is 0.396 e. The number of hydrogen-bond donors (Lipinski definition) is 2. The van der Waals surface area contributed by atoms with Crippen LogP contribution in [0.5, 0.6) is 0 Å². The van der Waals surface area contributed by atoms with Crippen molar-refractivity contribution in [1.82, 2.24) is 10.2 Å². The molecule has 0 saturated carbocycles. The predicted molar refractivity (Wildman–Crippen MR) is 59.4 cm³/mol. The summed E-state index contributed by atoms with van der Waals surface area (Å²) in [4.78, 5) is 2.51. The van der Waals surface area contributed by atoms with E-state index in [2.05, 4.69) is 17.1 Å². The smallest absolute Gasteiger partial charge is 0.0459 e. The van der Waals surface area contributed by atoms with Gasteiger partial charge in [0.2, 0.25) is 0 Å². The van der Waals surface area contributed by atoms with E-state index >= 15 is 0 Å². The summed E-state index contributed by atoms with van der Waals surface area (Å²) in [7, 11) is 0. The maximum atomic E-state index is 9.04. The Hall–Kier alpha value is -0.120. The second kappa shape index (κ2) is 7.21. The minimum atomic E-state index is 0.359. The Labute approximate surface area is 87.5 Å². The molecule has 1 aliphatic heterocycles. The van der Waals surface area contributed by atoms with Crippen LogP contribution in [0.15, 0.2) is 0 Å². The molecule has 0 bridgehead atoms. The third kappa shape index (κ3) is 4.40. The summed E-state index contributed by atoms with van der Waals surface area (Å²) in [5.74, 6) is 0.526. The van der Waals surface area contributed by atoms with Crippen molar-refractivity contribution in [2.75, 3.05) is 39.3 Å². The Kier molecular flexibility index (Phi) is 6.15. The molecular weight excluding hydrogens is 176 g/mol. The van der Waals surface area contributed by atoms with Gasteiger partial charge in [0.25, 0.3) is 0 Å². The number of rotatable bonds is 6. The lowest BCUT2D eigenvalue weighted by molar-refractivity contribution is 0.194. The molecular formula is C11H24N2O. The molecule has 0 amide bonds. The first-order valence-electron chi connectivity index (χ1n) is 5.90. The highest BCUT2D eigenvalue weighted by Gasteiger charge is 2.10. The van der Waals surface area contributed by atoms with E-state index < -0.39 is 0 Å². The van der Waals surface area contributed by atoms with Gasteiger partial charge in [-0.05, 0) is 25.3 Å². The van der Waals surface area contributed by atoms with Crippen LogP contribution in [0.1, 0.15) is 26.2 Å². The second-order valence-electron chi connectivity index (χ2n) is 4.19. The van der Waals surface area contributed by atoms with Gasteiger partial charge in [-0.3, -0.25) is 0 Å². The normalized spacial score (nSPS) is 21.0. The van der Waals surface area contributed by atoms with E-state index in [-0.39, 0.29) is 0 Å². The van der Waals surface area contributed by atoms with Gasteiger partial charge in [0, 0.05) is 32.8 Å². The van der Waals surface area contributed by atoms with Crippen LogP contribution in [-0.4, -0.2) is 49.3 Å². The van der Waals surface area contributed by atoms with Crippen LogP contribution in [0.2, 0.25) is 0 Å². The van der Waals surface area contributed by atoms with Crippen LogP contribution in [-0.2, 0) is 0 Å².